The first-order chi connectivity index (χ1) is 5.33. The van der Waals surface area contributed by atoms with Crippen molar-refractivity contribution in [3.8, 4) is 0 Å². The molecule has 0 spiro atoms. The van der Waals surface area contributed by atoms with Crippen molar-refractivity contribution in [2.75, 3.05) is 13.7 Å². The van der Waals surface area contributed by atoms with Crippen LogP contribution in [-0.2, 0) is 11.2 Å². The minimum atomic E-state index is -0.141. The Morgan fingerprint density at radius 3 is 3.00 bits per heavy atom. The van der Waals surface area contributed by atoms with Crippen LogP contribution in [0.4, 0.5) is 0 Å². The fourth-order valence-electron chi connectivity index (χ4n) is 0.912. The van der Waals surface area contributed by atoms with E-state index in [4.69, 9.17) is 4.74 Å². The van der Waals surface area contributed by atoms with E-state index in [1.54, 1.807) is 13.3 Å². The monoisotopic (exact) mass is 156 g/mol. The van der Waals surface area contributed by atoms with Gasteiger partial charge in [-0.1, -0.05) is 0 Å². The first kappa shape index (κ1) is 8.07. The van der Waals surface area contributed by atoms with Gasteiger partial charge in [0.1, 0.15) is 0 Å². The molecule has 4 nitrogen and oxygen atoms in total. The van der Waals surface area contributed by atoms with Crippen molar-refractivity contribution in [2.24, 2.45) is 0 Å². The molecular weight excluding hydrogens is 144 g/mol. The molecule has 1 aromatic rings. The topological polar surface area (TPSA) is 57.9 Å². The first-order valence-electron chi connectivity index (χ1n) is 3.58. The molecule has 0 atom stereocenters. The van der Waals surface area contributed by atoms with Gasteiger partial charge in [-0.2, -0.15) is 0 Å². The summed E-state index contributed by atoms with van der Waals surface area (Å²) in [6.45, 7) is 0.729. The summed E-state index contributed by atoms with van der Waals surface area (Å²) in [6.07, 6.45) is 3.48. The summed E-state index contributed by atoms with van der Waals surface area (Å²) >= 11 is 0. The Bertz CT molecular complexity index is 251. The van der Waals surface area contributed by atoms with Gasteiger partial charge in [0.15, 0.2) is 0 Å². The summed E-state index contributed by atoms with van der Waals surface area (Å²) in [5.74, 6) is 0. The number of methoxy groups -OCH3 is 1. The summed E-state index contributed by atoms with van der Waals surface area (Å²) in [5, 5.41) is 0. The van der Waals surface area contributed by atoms with Gasteiger partial charge in [0.05, 0.1) is 0 Å². The van der Waals surface area contributed by atoms with Crippen LogP contribution in [0.15, 0.2) is 11.0 Å². The molecule has 0 saturated carbocycles. The molecule has 11 heavy (non-hydrogen) atoms. The molecule has 0 radical (unpaired) electrons. The van der Waals surface area contributed by atoms with Gasteiger partial charge in [-0.3, -0.25) is 0 Å². The Labute approximate surface area is 64.6 Å². The van der Waals surface area contributed by atoms with Crippen LogP contribution < -0.4 is 5.69 Å². The van der Waals surface area contributed by atoms with Gasteiger partial charge in [0.2, 0.25) is 0 Å². The molecule has 0 aliphatic heterocycles. The van der Waals surface area contributed by atoms with Crippen LogP contribution >= 0.6 is 0 Å². The summed E-state index contributed by atoms with van der Waals surface area (Å²) in [7, 11) is 1.67. The van der Waals surface area contributed by atoms with Crippen LogP contribution in [0.25, 0.3) is 0 Å². The standard InChI is InChI=1S/C7H12N2O2/c1-11-4-2-3-6-5-8-7(10)9-6/h5H,2-4H2,1H3,(H2,8,9,10). The van der Waals surface area contributed by atoms with Gasteiger partial charge in [0, 0.05) is 25.6 Å². The molecule has 1 heterocycles. The maximum absolute atomic E-state index is 10.6. The van der Waals surface area contributed by atoms with E-state index in [1.807, 2.05) is 0 Å². The predicted molar refractivity (Wildman–Crippen MR) is 41.6 cm³/mol. The number of aromatic nitrogens is 2. The molecule has 1 rings (SSSR count). The fraction of sp³-hybridized carbons (Fsp3) is 0.571. The summed E-state index contributed by atoms with van der Waals surface area (Å²) in [5.41, 5.74) is 0.796. The highest BCUT2D eigenvalue weighted by Gasteiger charge is 1.94. The molecule has 4 heteroatoms. The van der Waals surface area contributed by atoms with E-state index in [0.717, 1.165) is 25.1 Å². The Balaban J connectivity index is 2.33. The van der Waals surface area contributed by atoms with Gasteiger partial charge in [-0.15, -0.1) is 0 Å². The summed E-state index contributed by atoms with van der Waals surface area (Å²) < 4.78 is 4.87. The summed E-state index contributed by atoms with van der Waals surface area (Å²) in [4.78, 5) is 15.8. The number of ether oxygens (including phenoxy) is 1. The highest BCUT2D eigenvalue weighted by Crippen LogP contribution is 1.93. The molecule has 1 aromatic heterocycles. The number of aryl methyl sites for hydroxylation is 1. The minimum absolute atomic E-state index is 0.141. The fourth-order valence-corrected chi connectivity index (χ4v) is 0.912. The van der Waals surface area contributed by atoms with Gasteiger partial charge in [0.25, 0.3) is 0 Å². The Kier molecular flexibility index (Phi) is 2.92. The van der Waals surface area contributed by atoms with Crippen molar-refractivity contribution in [3.63, 3.8) is 0 Å². The first-order valence-corrected chi connectivity index (χ1v) is 3.58. The third kappa shape index (κ3) is 2.59. The molecule has 0 aliphatic rings. The quantitative estimate of drug-likeness (QED) is 0.615. The van der Waals surface area contributed by atoms with E-state index < -0.39 is 0 Å². The molecule has 0 aliphatic carbocycles. The second kappa shape index (κ2) is 3.98. The number of nitrogens with one attached hydrogen (secondary N) is 2. The van der Waals surface area contributed by atoms with E-state index in [-0.39, 0.29) is 5.69 Å². The Morgan fingerprint density at radius 2 is 2.45 bits per heavy atom. The number of hydrogen-bond acceptors (Lipinski definition) is 2. The highest BCUT2D eigenvalue weighted by atomic mass is 16.5. The number of rotatable bonds is 4. The lowest BCUT2D eigenvalue weighted by atomic mass is 10.3. The van der Waals surface area contributed by atoms with Gasteiger partial charge in [-0.05, 0) is 12.8 Å². The normalized spacial score (nSPS) is 10.3. The molecule has 62 valence electrons. The number of H-pyrrole nitrogens is 2. The Morgan fingerprint density at radius 1 is 1.64 bits per heavy atom. The van der Waals surface area contributed by atoms with Gasteiger partial charge >= 0.3 is 5.69 Å². The SMILES string of the molecule is COCCCc1c[nH]c(=O)[nH]1. The van der Waals surface area contributed by atoms with Gasteiger partial charge < -0.3 is 14.7 Å². The molecule has 2 N–H and O–H groups in total. The average molecular weight is 156 g/mol. The lowest BCUT2D eigenvalue weighted by Gasteiger charge is -1.94. The molecule has 0 saturated heterocycles. The highest BCUT2D eigenvalue weighted by molar-refractivity contribution is 4.93. The number of imidazole rings is 1. The maximum Gasteiger partial charge on any atom is 0.323 e. The summed E-state index contributed by atoms with van der Waals surface area (Å²) in [6, 6.07) is 0. The lowest BCUT2D eigenvalue weighted by molar-refractivity contribution is 0.195. The van der Waals surface area contributed by atoms with E-state index in [1.165, 1.54) is 0 Å². The zero-order valence-electron chi connectivity index (χ0n) is 6.52. The third-order valence-electron chi connectivity index (χ3n) is 1.45. The molecule has 0 unspecified atom stereocenters. The van der Waals surface area contributed by atoms with Crippen molar-refractivity contribution < 1.29 is 4.74 Å². The largest absolute Gasteiger partial charge is 0.385 e. The van der Waals surface area contributed by atoms with Crippen LogP contribution in [0, 0.1) is 0 Å². The zero-order valence-corrected chi connectivity index (χ0v) is 6.52. The molecule has 0 bridgehead atoms. The molecule has 0 fully saturated rings. The van der Waals surface area contributed by atoms with Crippen LogP contribution in [0.2, 0.25) is 0 Å². The van der Waals surface area contributed by atoms with Crippen LogP contribution in [0.1, 0.15) is 12.1 Å². The van der Waals surface area contributed by atoms with Crippen molar-refractivity contribution in [1.82, 2.24) is 9.97 Å². The van der Waals surface area contributed by atoms with Crippen molar-refractivity contribution in [3.05, 3.63) is 22.4 Å². The van der Waals surface area contributed by atoms with Crippen LogP contribution in [-0.4, -0.2) is 23.7 Å². The second-order valence-corrected chi connectivity index (χ2v) is 2.36. The van der Waals surface area contributed by atoms with E-state index >= 15 is 0 Å². The minimum Gasteiger partial charge on any atom is -0.385 e. The second-order valence-electron chi connectivity index (χ2n) is 2.36. The van der Waals surface area contributed by atoms with Crippen LogP contribution in [0.5, 0.6) is 0 Å². The zero-order chi connectivity index (χ0) is 8.10. The van der Waals surface area contributed by atoms with Crippen molar-refractivity contribution in [2.45, 2.75) is 12.8 Å². The molecule has 0 aromatic carbocycles. The van der Waals surface area contributed by atoms with E-state index in [0.29, 0.717) is 0 Å². The van der Waals surface area contributed by atoms with E-state index in [2.05, 4.69) is 9.97 Å². The van der Waals surface area contributed by atoms with Crippen LogP contribution in [0.3, 0.4) is 0 Å². The predicted octanol–water partition coefficient (Wildman–Crippen LogP) is 0.282. The lowest BCUT2D eigenvalue weighted by Crippen LogP contribution is -2.01. The number of hydrogen-bond donors (Lipinski definition) is 2. The van der Waals surface area contributed by atoms with Crippen molar-refractivity contribution >= 4 is 0 Å². The smallest absolute Gasteiger partial charge is 0.323 e. The third-order valence-corrected chi connectivity index (χ3v) is 1.45. The Hall–Kier alpha value is -1.03. The number of aromatic amines is 2. The average Bonchev–Trinajstić information content (AvgIpc) is 2.37. The van der Waals surface area contributed by atoms with E-state index in [9.17, 15) is 4.79 Å². The molecular formula is C7H12N2O2. The maximum atomic E-state index is 10.6. The van der Waals surface area contributed by atoms with Crippen molar-refractivity contribution in [1.29, 1.82) is 0 Å². The van der Waals surface area contributed by atoms with Gasteiger partial charge in [-0.25, -0.2) is 4.79 Å². The molecule has 0 amide bonds.